The van der Waals surface area contributed by atoms with Crippen molar-refractivity contribution in [3.05, 3.63) is 28.7 Å². The highest BCUT2D eigenvalue weighted by Crippen LogP contribution is 2.48. The van der Waals surface area contributed by atoms with Crippen LogP contribution in [0, 0.1) is 30.6 Å². The number of carbonyl (C=O) groups is 3. The van der Waals surface area contributed by atoms with E-state index in [1.807, 2.05) is 19.1 Å². The molecule has 3 rings (SSSR count). The monoisotopic (exact) mass is 349 g/mol. The van der Waals surface area contributed by atoms with Crippen LogP contribution in [0.1, 0.15) is 28.6 Å². The van der Waals surface area contributed by atoms with Crippen LogP contribution in [0.5, 0.6) is 0 Å². The van der Waals surface area contributed by atoms with Gasteiger partial charge in [-0.2, -0.15) is 0 Å². The first-order chi connectivity index (χ1) is 11.4. The summed E-state index contributed by atoms with van der Waals surface area (Å²) in [5.41, 5.74) is 0.318. The Kier molecular flexibility index (Phi) is 4.45. The summed E-state index contributed by atoms with van der Waals surface area (Å²) >= 11 is 1.29. The van der Waals surface area contributed by atoms with E-state index in [1.54, 1.807) is 13.0 Å². The number of esters is 1. The standard InChI is InChI=1S/C17H19NO5S/c1-3-23-17(22)11-6-8(2)24-15(11)18-14(19)12-9-4-5-10(7-9)13(12)16(20)21/h4-6,9-10,12-13H,3,7H2,1-2H3,(H,18,19)(H,20,21)/t9-,10+,12-,13+/m1/s1. The van der Waals surface area contributed by atoms with Gasteiger partial charge in [-0.15, -0.1) is 11.3 Å². The van der Waals surface area contributed by atoms with Gasteiger partial charge in [0.25, 0.3) is 0 Å². The SMILES string of the molecule is CCOC(=O)c1cc(C)sc1NC(=O)[C@H]1[C@@H](C(=O)O)[C@H]2C=C[C@@H]1C2. The summed E-state index contributed by atoms with van der Waals surface area (Å²) in [6.07, 6.45) is 4.52. The Bertz CT molecular complexity index is 723. The van der Waals surface area contributed by atoms with Gasteiger partial charge in [0.2, 0.25) is 5.91 Å². The molecule has 4 atom stereocenters. The van der Waals surface area contributed by atoms with Crippen LogP contribution in [0.2, 0.25) is 0 Å². The van der Waals surface area contributed by atoms with E-state index < -0.39 is 23.8 Å². The molecule has 128 valence electrons. The summed E-state index contributed by atoms with van der Waals surface area (Å²) in [6.45, 7) is 3.80. The minimum atomic E-state index is -0.944. The lowest BCUT2D eigenvalue weighted by Gasteiger charge is -2.23. The maximum absolute atomic E-state index is 12.7. The third kappa shape index (κ3) is 2.84. The molecule has 0 unspecified atom stereocenters. The molecule has 2 N–H and O–H groups in total. The largest absolute Gasteiger partial charge is 0.481 e. The minimum Gasteiger partial charge on any atom is -0.481 e. The number of hydrogen-bond donors (Lipinski definition) is 2. The number of amides is 1. The van der Waals surface area contributed by atoms with Crippen LogP contribution < -0.4 is 5.32 Å². The zero-order valence-corrected chi connectivity index (χ0v) is 14.3. The fraction of sp³-hybridized carbons (Fsp3) is 0.471. The highest BCUT2D eigenvalue weighted by atomic mass is 32.1. The number of ether oxygens (including phenoxy) is 1. The molecule has 1 saturated carbocycles. The second-order valence-electron chi connectivity index (χ2n) is 6.15. The van der Waals surface area contributed by atoms with Crippen LogP contribution in [0.4, 0.5) is 5.00 Å². The molecule has 7 heteroatoms. The number of rotatable bonds is 5. The van der Waals surface area contributed by atoms with E-state index in [0.717, 1.165) is 4.88 Å². The zero-order valence-electron chi connectivity index (χ0n) is 13.4. The summed E-state index contributed by atoms with van der Waals surface area (Å²) < 4.78 is 5.01. The lowest BCUT2D eigenvalue weighted by Crippen LogP contribution is -2.36. The van der Waals surface area contributed by atoms with Gasteiger partial charge in [0.1, 0.15) is 5.00 Å². The molecule has 0 spiro atoms. The minimum absolute atomic E-state index is 0.0526. The quantitative estimate of drug-likeness (QED) is 0.630. The molecule has 0 radical (unpaired) electrons. The van der Waals surface area contributed by atoms with Gasteiger partial charge < -0.3 is 15.2 Å². The number of fused-ring (bicyclic) bond motifs is 2. The Balaban J connectivity index is 1.82. The summed E-state index contributed by atoms with van der Waals surface area (Å²) in [4.78, 5) is 37.1. The normalized spacial score (nSPS) is 27.2. The Morgan fingerprint density at radius 2 is 1.96 bits per heavy atom. The Morgan fingerprint density at radius 3 is 2.58 bits per heavy atom. The number of nitrogens with one attached hydrogen (secondary N) is 1. The van der Waals surface area contributed by atoms with Crippen LogP contribution in [0.3, 0.4) is 0 Å². The molecule has 1 aromatic heterocycles. The van der Waals surface area contributed by atoms with Gasteiger partial charge in [-0.1, -0.05) is 12.2 Å². The lowest BCUT2D eigenvalue weighted by atomic mass is 9.82. The molecule has 0 saturated heterocycles. The molecular weight excluding hydrogens is 330 g/mol. The van der Waals surface area contributed by atoms with Gasteiger partial charge in [-0.05, 0) is 38.2 Å². The number of aliphatic carboxylic acids is 1. The third-order valence-corrected chi connectivity index (χ3v) is 5.60. The summed E-state index contributed by atoms with van der Waals surface area (Å²) in [7, 11) is 0. The van der Waals surface area contributed by atoms with Crippen molar-refractivity contribution in [2.24, 2.45) is 23.7 Å². The first-order valence-corrected chi connectivity index (χ1v) is 8.73. The van der Waals surface area contributed by atoms with Crippen LogP contribution >= 0.6 is 11.3 Å². The van der Waals surface area contributed by atoms with Crippen LogP contribution in [0.25, 0.3) is 0 Å². The van der Waals surface area contributed by atoms with Crippen molar-refractivity contribution >= 4 is 34.2 Å². The number of carbonyl (C=O) groups excluding carboxylic acids is 2. The molecule has 2 aliphatic carbocycles. The van der Waals surface area contributed by atoms with Crippen molar-refractivity contribution in [2.75, 3.05) is 11.9 Å². The van der Waals surface area contributed by atoms with Crippen LogP contribution in [-0.4, -0.2) is 29.6 Å². The summed E-state index contributed by atoms with van der Waals surface area (Å²) in [6, 6.07) is 1.67. The first-order valence-electron chi connectivity index (χ1n) is 7.92. The molecule has 6 nitrogen and oxygen atoms in total. The average Bonchev–Trinajstić information content (AvgIpc) is 3.20. The second kappa shape index (κ2) is 6.39. The van der Waals surface area contributed by atoms with Crippen molar-refractivity contribution in [1.29, 1.82) is 0 Å². The Morgan fingerprint density at radius 1 is 1.29 bits per heavy atom. The molecule has 2 bridgehead atoms. The van der Waals surface area contributed by atoms with Gasteiger partial charge in [0.05, 0.1) is 24.0 Å². The van der Waals surface area contributed by atoms with E-state index >= 15 is 0 Å². The number of thiophene rings is 1. The number of carboxylic acids is 1. The van der Waals surface area contributed by atoms with E-state index in [0.29, 0.717) is 17.0 Å². The number of hydrogen-bond acceptors (Lipinski definition) is 5. The fourth-order valence-corrected chi connectivity index (χ4v) is 4.58. The van der Waals surface area contributed by atoms with Crippen LogP contribution in [0.15, 0.2) is 18.2 Å². The zero-order chi connectivity index (χ0) is 17.4. The molecule has 1 amide bonds. The molecule has 0 aromatic carbocycles. The third-order valence-electron chi connectivity index (χ3n) is 4.63. The number of anilines is 1. The predicted octanol–water partition coefficient (Wildman–Crippen LogP) is 2.69. The topological polar surface area (TPSA) is 92.7 Å². The fourth-order valence-electron chi connectivity index (χ4n) is 3.68. The summed E-state index contributed by atoms with van der Waals surface area (Å²) in [5.74, 6) is -3.21. The summed E-state index contributed by atoms with van der Waals surface area (Å²) in [5, 5.41) is 12.6. The van der Waals surface area contributed by atoms with Gasteiger partial charge in [-0.3, -0.25) is 9.59 Å². The number of carboxylic acid groups (broad SMARTS) is 1. The van der Waals surface area contributed by atoms with E-state index in [-0.39, 0.29) is 24.3 Å². The maximum atomic E-state index is 12.7. The van der Waals surface area contributed by atoms with Gasteiger partial charge in [-0.25, -0.2) is 4.79 Å². The molecule has 2 aliphatic rings. The predicted molar refractivity (Wildman–Crippen MR) is 89.0 cm³/mol. The second-order valence-corrected chi connectivity index (χ2v) is 7.40. The van der Waals surface area contributed by atoms with E-state index in [9.17, 15) is 19.5 Å². The molecule has 1 fully saturated rings. The lowest BCUT2D eigenvalue weighted by molar-refractivity contribution is -0.146. The van der Waals surface area contributed by atoms with E-state index in [2.05, 4.69) is 5.32 Å². The van der Waals surface area contributed by atoms with E-state index in [1.165, 1.54) is 11.3 Å². The molecular formula is C17H19NO5S. The van der Waals surface area contributed by atoms with Gasteiger partial charge in [0.15, 0.2) is 0 Å². The first kappa shape index (κ1) is 16.7. The van der Waals surface area contributed by atoms with Crippen molar-refractivity contribution in [2.45, 2.75) is 20.3 Å². The Labute approximate surface area is 143 Å². The van der Waals surface area contributed by atoms with Crippen molar-refractivity contribution < 1.29 is 24.2 Å². The highest BCUT2D eigenvalue weighted by Gasteiger charge is 2.51. The molecule has 1 aromatic rings. The number of allylic oxidation sites excluding steroid dienone is 2. The van der Waals surface area contributed by atoms with E-state index in [4.69, 9.17) is 4.74 Å². The van der Waals surface area contributed by atoms with Gasteiger partial charge in [0, 0.05) is 4.88 Å². The van der Waals surface area contributed by atoms with Crippen molar-refractivity contribution in [3.63, 3.8) is 0 Å². The van der Waals surface area contributed by atoms with Crippen molar-refractivity contribution in [1.82, 2.24) is 0 Å². The Hall–Kier alpha value is -2.15. The highest BCUT2D eigenvalue weighted by molar-refractivity contribution is 7.16. The number of aryl methyl sites for hydroxylation is 1. The average molecular weight is 349 g/mol. The van der Waals surface area contributed by atoms with Gasteiger partial charge >= 0.3 is 11.9 Å². The van der Waals surface area contributed by atoms with Crippen molar-refractivity contribution in [3.8, 4) is 0 Å². The molecule has 24 heavy (non-hydrogen) atoms. The smallest absolute Gasteiger partial charge is 0.341 e. The molecule has 1 heterocycles. The van der Waals surface area contributed by atoms with Crippen LogP contribution in [-0.2, 0) is 14.3 Å². The molecule has 0 aliphatic heterocycles. The maximum Gasteiger partial charge on any atom is 0.341 e.